The first-order valence-corrected chi connectivity index (χ1v) is 5.73. The van der Waals surface area contributed by atoms with Crippen molar-refractivity contribution in [1.29, 1.82) is 0 Å². The van der Waals surface area contributed by atoms with Crippen LogP contribution in [0.4, 0.5) is 0 Å². The van der Waals surface area contributed by atoms with E-state index in [-0.39, 0.29) is 6.04 Å². The van der Waals surface area contributed by atoms with Gasteiger partial charge in [-0.15, -0.1) is 0 Å². The first kappa shape index (κ1) is 12.0. The molecular weight excluding hydrogens is 240 g/mol. The lowest BCUT2D eigenvalue weighted by atomic mass is 10.2. The van der Waals surface area contributed by atoms with Gasteiger partial charge in [-0.05, 0) is 25.5 Å². The van der Waals surface area contributed by atoms with Gasteiger partial charge in [-0.1, -0.05) is 16.8 Å². The number of pyridine rings is 1. The highest BCUT2D eigenvalue weighted by atomic mass is 35.5. The number of hydrogen-bond acceptors (Lipinski definition) is 5. The van der Waals surface area contributed by atoms with E-state index in [2.05, 4.69) is 15.1 Å². The van der Waals surface area contributed by atoms with Gasteiger partial charge < -0.3 is 10.3 Å². The van der Waals surface area contributed by atoms with Crippen molar-refractivity contribution in [3.8, 4) is 11.5 Å². The number of nitrogens with two attached hydrogens (primary N) is 1. The first-order chi connectivity index (χ1) is 8.15. The molecule has 0 amide bonds. The van der Waals surface area contributed by atoms with E-state index in [0.717, 1.165) is 6.42 Å². The Morgan fingerprint density at radius 3 is 2.94 bits per heavy atom. The number of nitrogens with zero attached hydrogens (tertiary/aromatic N) is 3. The van der Waals surface area contributed by atoms with Crippen molar-refractivity contribution in [2.75, 3.05) is 0 Å². The molecule has 17 heavy (non-hydrogen) atoms. The van der Waals surface area contributed by atoms with Crippen molar-refractivity contribution < 1.29 is 4.52 Å². The van der Waals surface area contributed by atoms with Crippen molar-refractivity contribution in [3.63, 3.8) is 0 Å². The van der Waals surface area contributed by atoms with Crippen LogP contribution in [0.15, 0.2) is 22.9 Å². The Labute approximate surface area is 104 Å². The Hall–Kier alpha value is -1.46. The highest BCUT2D eigenvalue weighted by Gasteiger charge is 2.10. The molecule has 2 heterocycles. The van der Waals surface area contributed by atoms with Crippen molar-refractivity contribution >= 4 is 11.6 Å². The SMILES string of the molecule is CC(N)CCc1nc(-c2ccc(Cl)cn2)no1. The molecule has 0 spiro atoms. The molecule has 0 saturated carbocycles. The van der Waals surface area contributed by atoms with Gasteiger partial charge in [0.2, 0.25) is 11.7 Å². The molecular formula is C11H13ClN4O. The van der Waals surface area contributed by atoms with E-state index >= 15 is 0 Å². The topological polar surface area (TPSA) is 77.8 Å². The van der Waals surface area contributed by atoms with E-state index in [1.165, 1.54) is 0 Å². The molecule has 0 radical (unpaired) electrons. The molecule has 0 aliphatic rings. The minimum Gasteiger partial charge on any atom is -0.339 e. The molecule has 90 valence electrons. The highest BCUT2D eigenvalue weighted by molar-refractivity contribution is 6.30. The maximum Gasteiger partial charge on any atom is 0.227 e. The summed E-state index contributed by atoms with van der Waals surface area (Å²) in [4.78, 5) is 8.36. The van der Waals surface area contributed by atoms with Gasteiger partial charge in [0, 0.05) is 18.7 Å². The molecule has 0 aromatic carbocycles. The molecule has 2 rings (SSSR count). The summed E-state index contributed by atoms with van der Waals surface area (Å²) in [6.45, 7) is 1.94. The fraction of sp³-hybridized carbons (Fsp3) is 0.364. The lowest BCUT2D eigenvalue weighted by Crippen LogP contribution is -2.15. The molecule has 0 aliphatic carbocycles. The summed E-state index contributed by atoms with van der Waals surface area (Å²) in [7, 11) is 0. The third-order valence-corrected chi connectivity index (χ3v) is 2.46. The van der Waals surface area contributed by atoms with E-state index in [1.807, 2.05) is 6.92 Å². The molecule has 0 saturated heterocycles. The molecule has 6 heteroatoms. The monoisotopic (exact) mass is 252 g/mol. The van der Waals surface area contributed by atoms with E-state index < -0.39 is 0 Å². The number of halogens is 1. The maximum absolute atomic E-state index is 5.75. The molecule has 0 bridgehead atoms. The lowest BCUT2D eigenvalue weighted by Gasteiger charge is -1.99. The number of rotatable bonds is 4. The minimum atomic E-state index is 0.124. The molecule has 2 N–H and O–H groups in total. The Morgan fingerprint density at radius 2 is 2.29 bits per heavy atom. The summed E-state index contributed by atoms with van der Waals surface area (Å²) >= 11 is 5.75. The Morgan fingerprint density at radius 1 is 1.47 bits per heavy atom. The lowest BCUT2D eigenvalue weighted by molar-refractivity contribution is 0.372. The molecule has 2 aromatic heterocycles. The average Bonchev–Trinajstić information content (AvgIpc) is 2.76. The van der Waals surface area contributed by atoms with Crippen LogP contribution in [0.1, 0.15) is 19.2 Å². The van der Waals surface area contributed by atoms with Crippen LogP contribution < -0.4 is 5.73 Å². The highest BCUT2D eigenvalue weighted by Crippen LogP contribution is 2.16. The van der Waals surface area contributed by atoms with Crippen LogP contribution in [0, 0.1) is 0 Å². The zero-order valence-corrected chi connectivity index (χ0v) is 10.2. The number of aryl methyl sites for hydroxylation is 1. The van der Waals surface area contributed by atoms with E-state index in [1.54, 1.807) is 18.3 Å². The fourth-order valence-electron chi connectivity index (χ4n) is 1.32. The Kier molecular flexibility index (Phi) is 3.71. The van der Waals surface area contributed by atoms with Crippen molar-refractivity contribution in [1.82, 2.24) is 15.1 Å². The van der Waals surface area contributed by atoms with E-state index in [0.29, 0.717) is 28.9 Å². The zero-order valence-electron chi connectivity index (χ0n) is 9.43. The third-order valence-electron chi connectivity index (χ3n) is 2.24. The smallest absolute Gasteiger partial charge is 0.227 e. The first-order valence-electron chi connectivity index (χ1n) is 5.35. The van der Waals surface area contributed by atoms with Gasteiger partial charge in [0.25, 0.3) is 0 Å². The van der Waals surface area contributed by atoms with Gasteiger partial charge in [-0.2, -0.15) is 4.98 Å². The second-order valence-electron chi connectivity index (χ2n) is 3.89. The Bertz CT molecular complexity index is 480. The van der Waals surface area contributed by atoms with Gasteiger partial charge in [-0.3, -0.25) is 4.98 Å². The van der Waals surface area contributed by atoms with Gasteiger partial charge in [0.15, 0.2) is 0 Å². The summed E-state index contributed by atoms with van der Waals surface area (Å²) in [5.74, 6) is 1.05. The van der Waals surface area contributed by atoms with Crippen LogP contribution in [0.25, 0.3) is 11.5 Å². The van der Waals surface area contributed by atoms with Crippen LogP contribution in [-0.2, 0) is 6.42 Å². The second-order valence-corrected chi connectivity index (χ2v) is 4.33. The zero-order chi connectivity index (χ0) is 12.3. The van der Waals surface area contributed by atoms with Crippen LogP contribution in [0.3, 0.4) is 0 Å². The van der Waals surface area contributed by atoms with Crippen LogP contribution in [-0.4, -0.2) is 21.2 Å². The predicted molar refractivity (Wildman–Crippen MR) is 64.5 cm³/mol. The molecule has 1 unspecified atom stereocenters. The molecule has 0 fully saturated rings. The molecule has 1 atom stereocenters. The van der Waals surface area contributed by atoms with E-state index in [9.17, 15) is 0 Å². The summed E-state index contributed by atoms with van der Waals surface area (Å²) in [5, 5.41) is 4.44. The van der Waals surface area contributed by atoms with Crippen LogP contribution in [0.5, 0.6) is 0 Å². The minimum absolute atomic E-state index is 0.124. The summed E-state index contributed by atoms with van der Waals surface area (Å²) < 4.78 is 5.11. The van der Waals surface area contributed by atoms with Crippen molar-refractivity contribution in [3.05, 3.63) is 29.2 Å². The normalized spacial score (nSPS) is 12.6. The third kappa shape index (κ3) is 3.25. The number of hydrogen-bond donors (Lipinski definition) is 1. The average molecular weight is 253 g/mol. The number of aromatic nitrogens is 3. The van der Waals surface area contributed by atoms with E-state index in [4.69, 9.17) is 21.9 Å². The van der Waals surface area contributed by atoms with Crippen LogP contribution >= 0.6 is 11.6 Å². The molecule has 5 nitrogen and oxygen atoms in total. The quantitative estimate of drug-likeness (QED) is 0.901. The second kappa shape index (κ2) is 5.25. The summed E-state index contributed by atoms with van der Waals surface area (Å²) in [5.41, 5.74) is 6.30. The van der Waals surface area contributed by atoms with Gasteiger partial charge in [0.05, 0.1) is 5.02 Å². The van der Waals surface area contributed by atoms with Gasteiger partial charge >= 0.3 is 0 Å². The van der Waals surface area contributed by atoms with Crippen molar-refractivity contribution in [2.24, 2.45) is 5.73 Å². The summed E-state index contributed by atoms with van der Waals surface area (Å²) in [6.07, 6.45) is 3.04. The largest absolute Gasteiger partial charge is 0.339 e. The summed E-state index contributed by atoms with van der Waals surface area (Å²) in [6, 6.07) is 3.61. The maximum atomic E-state index is 5.75. The molecule has 2 aromatic rings. The Balaban J connectivity index is 2.10. The van der Waals surface area contributed by atoms with Crippen LogP contribution in [0.2, 0.25) is 5.02 Å². The van der Waals surface area contributed by atoms with Gasteiger partial charge in [0.1, 0.15) is 5.69 Å². The molecule has 0 aliphatic heterocycles. The van der Waals surface area contributed by atoms with Crippen molar-refractivity contribution in [2.45, 2.75) is 25.8 Å². The standard InChI is InChI=1S/C11H13ClN4O/c1-7(13)2-5-10-15-11(16-17-10)9-4-3-8(12)6-14-9/h3-4,6-7H,2,5,13H2,1H3. The predicted octanol–water partition coefficient (Wildman–Crippen LogP) is 2.06. The van der Waals surface area contributed by atoms with Gasteiger partial charge in [-0.25, -0.2) is 0 Å². The fourth-order valence-corrected chi connectivity index (χ4v) is 1.43.